The number of halogens is 2. The number of aliphatic carboxylic acids is 1. The van der Waals surface area contributed by atoms with E-state index in [0.29, 0.717) is 13.0 Å². The molecule has 1 heterocycles. The van der Waals surface area contributed by atoms with Crippen LogP contribution in [0, 0.1) is 11.2 Å². The zero-order chi connectivity index (χ0) is 16.5. The van der Waals surface area contributed by atoms with E-state index >= 15 is 0 Å². The number of hydrogen-bond acceptors (Lipinski definition) is 3. The van der Waals surface area contributed by atoms with E-state index in [0.717, 1.165) is 6.07 Å². The molecule has 1 fully saturated rings. The third-order valence-corrected chi connectivity index (χ3v) is 4.14. The summed E-state index contributed by atoms with van der Waals surface area (Å²) in [6.45, 7) is 3.68. The van der Waals surface area contributed by atoms with Gasteiger partial charge < -0.3 is 14.7 Å². The number of nitrogens with zero attached hydrogens (tertiary/aromatic N) is 1. The van der Waals surface area contributed by atoms with Crippen molar-refractivity contribution in [2.75, 3.05) is 13.1 Å². The van der Waals surface area contributed by atoms with Crippen LogP contribution in [0.5, 0.6) is 5.75 Å². The van der Waals surface area contributed by atoms with Gasteiger partial charge in [-0.15, -0.1) is 0 Å². The predicted octanol–water partition coefficient (Wildman–Crippen LogP) is 2.57. The maximum absolute atomic E-state index is 13.0. The molecule has 0 bridgehead atoms. The van der Waals surface area contributed by atoms with Crippen LogP contribution in [0.25, 0.3) is 0 Å². The monoisotopic (exact) mass is 329 g/mol. The fraction of sp³-hybridized carbons (Fsp3) is 0.467. The Morgan fingerprint density at radius 3 is 2.73 bits per heavy atom. The largest absolute Gasteiger partial charge is 0.481 e. The van der Waals surface area contributed by atoms with Gasteiger partial charge in [-0.1, -0.05) is 11.6 Å². The molecule has 1 saturated heterocycles. The molecule has 0 aliphatic carbocycles. The van der Waals surface area contributed by atoms with Crippen LogP contribution in [0.2, 0.25) is 5.02 Å². The van der Waals surface area contributed by atoms with Crippen LogP contribution < -0.4 is 4.74 Å². The van der Waals surface area contributed by atoms with Crippen molar-refractivity contribution in [1.29, 1.82) is 0 Å². The van der Waals surface area contributed by atoms with Gasteiger partial charge in [0.2, 0.25) is 0 Å². The number of likely N-dealkylation sites (tertiary alicyclic amines) is 1. The average molecular weight is 330 g/mol. The molecular weight excluding hydrogens is 313 g/mol. The SMILES string of the molecule is C[C@H](Oc1ccc(F)cc1Cl)C(=O)N1CC[C@@](C)(C(=O)O)C1. The Bertz CT molecular complexity index is 609. The van der Waals surface area contributed by atoms with Crippen molar-refractivity contribution in [2.45, 2.75) is 26.4 Å². The van der Waals surface area contributed by atoms with Crippen molar-refractivity contribution >= 4 is 23.5 Å². The van der Waals surface area contributed by atoms with Crippen molar-refractivity contribution in [3.8, 4) is 5.75 Å². The number of amides is 1. The standard InChI is InChI=1S/C15H17ClFNO4/c1-9(22-12-4-3-10(17)7-11(12)16)13(19)18-6-5-15(2,8-18)14(20)21/h3-4,7,9H,5-6,8H2,1-2H3,(H,20,21)/t9-,15+/m0/s1. The van der Waals surface area contributed by atoms with Crippen LogP contribution in [0.4, 0.5) is 4.39 Å². The zero-order valence-corrected chi connectivity index (χ0v) is 13.1. The minimum atomic E-state index is -0.928. The molecule has 2 atom stereocenters. The lowest BCUT2D eigenvalue weighted by molar-refractivity contribution is -0.147. The molecule has 1 aliphatic heterocycles. The van der Waals surface area contributed by atoms with Gasteiger partial charge in [0, 0.05) is 13.1 Å². The van der Waals surface area contributed by atoms with Crippen molar-refractivity contribution in [3.63, 3.8) is 0 Å². The molecule has 1 aliphatic rings. The molecular formula is C15H17ClFNO4. The summed E-state index contributed by atoms with van der Waals surface area (Å²) in [5, 5.41) is 9.27. The third kappa shape index (κ3) is 3.32. The van der Waals surface area contributed by atoms with Gasteiger partial charge in [0.25, 0.3) is 5.91 Å². The van der Waals surface area contributed by atoms with Crippen LogP contribution in [-0.2, 0) is 9.59 Å². The molecule has 120 valence electrons. The van der Waals surface area contributed by atoms with Gasteiger partial charge in [0.1, 0.15) is 11.6 Å². The van der Waals surface area contributed by atoms with Gasteiger partial charge >= 0.3 is 5.97 Å². The number of carboxylic acid groups (broad SMARTS) is 1. The van der Waals surface area contributed by atoms with E-state index in [2.05, 4.69) is 0 Å². The zero-order valence-electron chi connectivity index (χ0n) is 12.3. The van der Waals surface area contributed by atoms with Gasteiger partial charge in [-0.2, -0.15) is 0 Å². The Morgan fingerprint density at radius 1 is 1.50 bits per heavy atom. The van der Waals surface area contributed by atoms with Crippen molar-refractivity contribution in [3.05, 3.63) is 29.0 Å². The van der Waals surface area contributed by atoms with Gasteiger partial charge in [0.05, 0.1) is 10.4 Å². The van der Waals surface area contributed by atoms with Crippen LogP contribution in [0.1, 0.15) is 20.3 Å². The molecule has 0 radical (unpaired) electrons. The Labute approximate surface area is 132 Å². The number of carbonyl (C=O) groups excluding carboxylic acids is 1. The van der Waals surface area contributed by atoms with Crippen LogP contribution in [0.3, 0.4) is 0 Å². The summed E-state index contributed by atoms with van der Waals surface area (Å²) in [5.74, 6) is -1.51. The van der Waals surface area contributed by atoms with E-state index in [4.69, 9.17) is 16.3 Å². The Morgan fingerprint density at radius 2 is 2.18 bits per heavy atom. The van der Waals surface area contributed by atoms with E-state index < -0.39 is 23.3 Å². The number of hydrogen-bond donors (Lipinski definition) is 1. The van der Waals surface area contributed by atoms with Crippen LogP contribution in [-0.4, -0.2) is 41.1 Å². The van der Waals surface area contributed by atoms with Crippen molar-refractivity contribution in [2.24, 2.45) is 5.41 Å². The number of carbonyl (C=O) groups is 2. The summed E-state index contributed by atoms with van der Waals surface area (Å²) in [6, 6.07) is 3.65. The van der Waals surface area contributed by atoms with Gasteiger partial charge in [-0.3, -0.25) is 9.59 Å². The van der Waals surface area contributed by atoms with Gasteiger partial charge in [-0.05, 0) is 38.5 Å². The predicted molar refractivity (Wildman–Crippen MR) is 78.4 cm³/mol. The summed E-state index contributed by atoms with van der Waals surface area (Å²) in [7, 11) is 0. The summed E-state index contributed by atoms with van der Waals surface area (Å²) in [5.41, 5.74) is -0.928. The topological polar surface area (TPSA) is 66.8 Å². The maximum Gasteiger partial charge on any atom is 0.311 e. The molecule has 2 rings (SSSR count). The van der Waals surface area contributed by atoms with Crippen LogP contribution in [0.15, 0.2) is 18.2 Å². The molecule has 0 spiro atoms. The minimum absolute atomic E-state index is 0.0800. The second-order valence-corrected chi connectivity index (χ2v) is 6.12. The lowest BCUT2D eigenvalue weighted by Crippen LogP contribution is -2.41. The highest BCUT2D eigenvalue weighted by Crippen LogP contribution is 2.31. The summed E-state index contributed by atoms with van der Waals surface area (Å²) in [4.78, 5) is 25.0. The van der Waals surface area contributed by atoms with E-state index in [-0.39, 0.29) is 23.2 Å². The average Bonchev–Trinajstić information content (AvgIpc) is 2.85. The molecule has 1 aromatic carbocycles. The number of benzene rings is 1. The highest BCUT2D eigenvalue weighted by molar-refractivity contribution is 6.32. The third-order valence-electron chi connectivity index (χ3n) is 3.85. The fourth-order valence-corrected chi connectivity index (χ4v) is 2.60. The normalized spacial score (nSPS) is 22.5. The van der Waals surface area contributed by atoms with E-state index in [1.54, 1.807) is 13.8 Å². The van der Waals surface area contributed by atoms with Gasteiger partial charge in [0.15, 0.2) is 6.10 Å². The molecule has 1 amide bonds. The Balaban J connectivity index is 2.03. The van der Waals surface area contributed by atoms with E-state index in [1.165, 1.54) is 17.0 Å². The molecule has 5 nitrogen and oxygen atoms in total. The molecule has 1 aromatic rings. The highest BCUT2D eigenvalue weighted by Gasteiger charge is 2.43. The first kappa shape index (κ1) is 16.5. The number of carboxylic acids is 1. The second kappa shape index (κ2) is 6.12. The highest BCUT2D eigenvalue weighted by atomic mass is 35.5. The van der Waals surface area contributed by atoms with Crippen molar-refractivity contribution in [1.82, 2.24) is 4.90 Å². The number of ether oxygens (including phenoxy) is 1. The summed E-state index contributed by atoms with van der Waals surface area (Å²) < 4.78 is 18.4. The quantitative estimate of drug-likeness (QED) is 0.922. The number of rotatable bonds is 4. The minimum Gasteiger partial charge on any atom is -0.481 e. The van der Waals surface area contributed by atoms with E-state index in [1.807, 2.05) is 0 Å². The lowest BCUT2D eigenvalue weighted by Gasteiger charge is -2.23. The summed E-state index contributed by atoms with van der Waals surface area (Å²) >= 11 is 5.86. The van der Waals surface area contributed by atoms with E-state index in [9.17, 15) is 19.1 Å². The maximum atomic E-state index is 13.0. The molecule has 1 N–H and O–H groups in total. The van der Waals surface area contributed by atoms with Gasteiger partial charge in [-0.25, -0.2) is 4.39 Å². The second-order valence-electron chi connectivity index (χ2n) is 5.71. The Kier molecular flexibility index (Phi) is 4.60. The fourth-order valence-electron chi connectivity index (χ4n) is 2.39. The summed E-state index contributed by atoms with van der Waals surface area (Å²) in [6.07, 6.45) is -0.433. The molecule has 7 heteroatoms. The first-order valence-corrected chi connectivity index (χ1v) is 7.24. The van der Waals surface area contributed by atoms with Crippen LogP contribution >= 0.6 is 11.6 Å². The lowest BCUT2D eigenvalue weighted by atomic mass is 9.90. The first-order valence-electron chi connectivity index (χ1n) is 6.87. The molecule has 0 saturated carbocycles. The smallest absolute Gasteiger partial charge is 0.311 e. The van der Waals surface area contributed by atoms with Crippen molar-refractivity contribution < 1.29 is 23.8 Å². The molecule has 22 heavy (non-hydrogen) atoms. The molecule has 0 unspecified atom stereocenters. The first-order chi connectivity index (χ1) is 10.2. The molecule has 0 aromatic heterocycles. The Hall–Kier alpha value is -1.82.